The van der Waals surface area contributed by atoms with Crippen LogP contribution in [0.1, 0.15) is 0 Å². The molecule has 0 spiro atoms. The number of hydrogen-bond acceptors (Lipinski definition) is 6. The molecule has 1 rings (SSSR count). The van der Waals surface area contributed by atoms with Gasteiger partial charge >= 0.3 is 0 Å². The van der Waals surface area contributed by atoms with Crippen molar-refractivity contribution in [2.24, 2.45) is 0 Å². The SMILES string of the molecule is CN(C)/C=C/C1=CC(=C(C#N)C#N)C=C(/C=C/N(C)C)N1CCN(C)C. The van der Waals surface area contributed by atoms with Gasteiger partial charge < -0.3 is 19.6 Å². The van der Waals surface area contributed by atoms with Crippen molar-refractivity contribution in [1.82, 2.24) is 19.6 Å². The number of nitrogens with zero attached hydrogens (tertiary/aromatic N) is 6. The van der Waals surface area contributed by atoms with Crippen molar-refractivity contribution in [3.05, 3.63) is 59.2 Å². The Hall–Kier alpha value is -2.96. The van der Waals surface area contributed by atoms with E-state index in [0.29, 0.717) is 5.57 Å². The lowest BCUT2D eigenvalue weighted by Gasteiger charge is -2.31. The van der Waals surface area contributed by atoms with E-state index in [1.54, 1.807) is 0 Å². The summed E-state index contributed by atoms with van der Waals surface area (Å²) in [7, 11) is 11.9. The molecular formula is C20H28N6. The van der Waals surface area contributed by atoms with E-state index in [0.717, 1.165) is 24.5 Å². The van der Waals surface area contributed by atoms with E-state index in [-0.39, 0.29) is 5.57 Å². The van der Waals surface area contributed by atoms with E-state index in [2.05, 4.69) is 9.80 Å². The van der Waals surface area contributed by atoms with Crippen LogP contribution in [0.2, 0.25) is 0 Å². The van der Waals surface area contributed by atoms with Gasteiger partial charge in [-0.3, -0.25) is 0 Å². The lowest BCUT2D eigenvalue weighted by molar-refractivity contribution is 0.337. The van der Waals surface area contributed by atoms with E-state index in [1.165, 1.54) is 0 Å². The van der Waals surface area contributed by atoms with Crippen LogP contribution < -0.4 is 0 Å². The molecule has 1 aliphatic rings. The van der Waals surface area contributed by atoms with E-state index >= 15 is 0 Å². The van der Waals surface area contributed by atoms with Gasteiger partial charge in [0.25, 0.3) is 0 Å². The highest BCUT2D eigenvalue weighted by molar-refractivity contribution is 5.56. The third-order valence-corrected chi connectivity index (χ3v) is 3.60. The van der Waals surface area contributed by atoms with Crippen molar-refractivity contribution in [3.63, 3.8) is 0 Å². The molecule has 6 nitrogen and oxygen atoms in total. The fourth-order valence-electron chi connectivity index (χ4n) is 2.25. The highest BCUT2D eigenvalue weighted by Crippen LogP contribution is 2.26. The first kappa shape index (κ1) is 21.1. The number of rotatable bonds is 7. The van der Waals surface area contributed by atoms with Crippen LogP contribution in [0.5, 0.6) is 0 Å². The molecule has 0 aromatic rings. The lowest BCUT2D eigenvalue weighted by atomic mass is 10.0. The Kier molecular flexibility index (Phi) is 8.21. The summed E-state index contributed by atoms with van der Waals surface area (Å²) in [4.78, 5) is 8.23. The second kappa shape index (κ2) is 10.1. The van der Waals surface area contributed by atoms with E-state index in [9.17, 15) is 10.5 Å². The standard InChI is InChI=1S/C20H28N6/c1-23(2)9-7-19-13-17(18(15-21)16-22)14-20(8-10-24(3)4)26(19)12-11-25(5)6/h7-10,13-14H,11-12H2,1-6H3/b9-7+,10-8+. The zero-order valence-corrected chi connectivity index (χ0v) is 16.6. The van der Waals surface area contributed by atoms with Gasteiger partial charge in [0.15, 0.2) is 0 Å². The Morgan fingerprint density at radius 2 is 1.38 bits per heavy atom. The molecule has 0 N–H and O–H groups in total. The highest BCUT2D eigenvalue weighted by atomic mass is 15.2. The van der Waals surface area contributed by atoms with Crippen molar-refractivity contribution in [3.8, 4) is 12.1 Å². The topological polar surface area (TPSA) is 60.5 Å². The molecule has 0 bridgehead atoms. The first-order valence-corrected chi connectivity index (χ1v) is 8.38. The van der Waals surface area contributed by atoms with E-state index in [1.807, 2.05) is 101 Å². The maximum atomic E-state index is 9.27. The van der Waals surface area contributed by atoms with Crippen molar-refractivity contribution >= 4 is 0 Å². The van der Waals surface area contributed by atoms with E-state index < -0.39 is 0 Å². The summed E-state index contributed by atoms with van der Waals surface area (Å²) in [6.45, 7) is 1.67. The summed E-state index contributed by atoms with van der Waals surface area (Å²) >= 11 is 0. The molecule has 1 heterocycles. The summed E-state index contributed by atoms with van der Waals surface area (Å²) in [5.74, 6) is 0. The van der Waals surface area contributed by atoms with Crippen LogP contribution in [0.25, 0.3) is 0 Å². The first-order chi connectivity index (χ1) is 12.3. The highest BCUT2D eigenvalue weighted by Gasteiger charge is 2.18. The molecule has 0 saturated heterocycles. The minimum atomic E-state index is 0.115. The molecular weight excluding hydrogens is 324 g/mol. The minimum absolute atomic E-state index is 0.115. The average molecular weight is 352 g/mol. The van der Waals surface area contributed by atoms with Crippen LogP contribution in [0.15, 0.2) is 59.2 Å². The smallest absolute Gasteiger partial charge is 0.137 e. The summed E-state index contributed by atoms with van der Waals surface area (Å²) in [6, 6.07) is 3.98. The van der Waals surface area contributed by atoms with Gasteiger partial charge in [0, 0.05) is 70.6 Å². The van der Waals surface area contributed by atoms with Gasteiger partial charge in [-0.1, -0.05) is 0 Å². The van der Waals surface area contributed by atoms with Gasteiger partial charge in [-0.2, -0.15) is 10.5 Å². The van der Waals surface area contributed by atoms with Crippen LogP contribution in [0.4, 0.5) is 0 Å². The van der Waals surface area contributed by atoms with Crippen LogP contribution in [0.3, 0.4) is 0 Å². The zero-order valence-electron chi connectivity index (χ0n) is 16.6. The quantitative estimate of drug-likeness (QED) is 0.654. The maximum Gasteiger partial charge on any atom is 0.137 e. The maximum absolute atomic E-state index is 9.27. The molecule has 0 unspecified atom stereocenters. The van der Waals surface area contributed by atoms with Crippen molar-refractivity contribution in [1.29, 1.82) is 10.5 Å². The van der Waals surface area contributed by atoms with Crippen LogP contribution in [-0.2, 0) is 0 Å². The third kappa shape index (κ3) is 6.51. The Morgan fingerprint density at radius 3 is 1.73 bits per heavy atom. The number of likely N-dealkylation sites (N-methyl/N-ethyl adjacent to an activating group) is 1. The van der Waals surface area contributed by atoms with Gasteiger partial charge in [-0.25, -0.2) is 0 Å². The first-order valence-electron chi connectivity index (χ1n) is 8.38. The molecule has 0 aromatic carbocycles. The molecule has 0 atom stereocenters. The Labute approximate surface area is 157 Å². The van der Waals surface area contributed by atoms with Crippen molar-refractivity contribution < 1.29 is 0 Å². The number of hydrogen-bond donors (Lipinski definition) is 0. The minimum Gasteiger partial charge on any atom is -0.383 e. The van der Waals surface area contributed by atoms with Gasteiger partial charge in [-0.15, -0.1) is 0 Å². The summed E-state index contributed by atoms with van der Waals surface area (Å²) in [6.07, 6.45) is 11.7. The van der Waals surface area contributed by atoms with Gasteiger partial charge in [-0.05, 0) is 38.4 Å². The molecule has 0 fully saturated rings. The molecule has 0 aliphatic carbocycles. The molecule has 1 aliphatic heterocycles. The van der Waals surface area contributed by atoms with Crippen molar-refractivity contribution in [2.45, 2.75) is 0 Å². The predicted molar refractivity (Wildman–Crippen MR) is 105 cm³/mol. The number of allylic oxidation sites excluding steroid dienone is 6. The molecule has 0 saturated carbocycles. The second-order valence-corrected chi connectivity index (χ2v) is 6.71. The molecule has 0 amide bonds. The number of nitriles is 2. The second-order valence-electron chi connectivity index (χ2n) is 6.71. The lowest BCUT2D eigenvalue weighted by Crippen LogP contribution is -2.31. The van der Waals surface area contributed by atoms with Crippen LogP contribution in [-0.4, -0.2) is 75.0 Å². The Balaban J connectivity index is 3.45. The summed E-state index contributed by atoms with van der Waals surface area (Å²) < 4.78 is 0. The van der Waals surface area contributed by atoms with Gasteiger partial charge in [0.2, 0.25) is 0 Å². The van der Waals surface area contributed by atoms with Crippen molar-refractivity contribution in [2.75, 3.05) is 55.4 Å². The zero-order chi connectivity index (χ0) is 19.7. The third-order valence-electron chi connectivity index (χ3n) is 3.60. The molecule has 0 radical (unpaired) electrons. The predicted octanol–water partition coefficient (Wildman–Crippen LogP) is 2.13. The summed E-state index contributed by atoms with van der Waals surface area (Å²) in [5, 5.41) is 18.5. The molecule has 0 aromatic heterocycles. The van der Waals surface area contributed by atoms with Crippen LogP contribution in [0, 0.1) is 22.7 Å². The Morgan fingerprint density at radius 1 is 0.923 bits per heavy atom. The van der Waals surface area contributed by atoms with Gasteiger partial charge in [0.05, 0.1) is 0 Å². The Bertz CT molecular complexity index is 666. The molecule has 26 heavy (non-hydrogen) atoms. The van der Waals surface area contributed by atoms with Crippen LogP contribution >= 0.6 is 0 Å². The fraction of sp³-hybridized carbons (Fsp3) is 0.400. The van der Waals surface area contributed by atoms with E-state index in [4.69, 9.17) is 0 Å². The average Bonchev–Trinajstić information content (AvgIpc) is 2.57. The fourth-order valence-corrected chi connectivity index (χ4v) is 2.25. The molecule has 6 heteroatoms. The summed E-state index contributed by atoms with van der Waals surface area (Å²) in [5.41, 5.74) is 2.63. The molecule has 138 valence electrons. The largest absolute Gasteiger partial charge is 0.383 e. The van der Waals surface area contributed by atoms with Gasteiger partial charge in [0.1, 0.15) is 17.7 Å². The normalized spacial score (nSPS) is 14.3. The monoisotopic (exact) mass is 352 g/mol.